The molecule has 0 N–H and O–H groups in total. The maximum Gasteiger partial charge on any atom is 0.153 e. The van der Waals surface area contributed by atoms with E-state index in [9.17, 15) is 4.79 Å². The van der Waals surface area contributed by atoms with Gasteiger partial charge in [0.1, 0.15) is 12.4 Å². The Morgan fingerprint density at radius 3 is 2.94 bits per heavy atom. The first-order chi connectivity index (χ1) is 8.20. The van der Waals surface area contributed by atoms with Gasteiger partial charge in [-0.3, -0.25) is 4.79 Å². The van der Waals surface area contributed by atoms with Gasteiger partial charge in [0, 0.05) is 14.7 Å². The number of para-hydroxylation sites is 1. The number of thiophene rings is 1. The Hall–Kier alpha value is -1.13. The Kier molecular flexibility index (Phi) is 3.97. The van der Waals surface area contributed by atoms with Gasteiger partial charge in [0.25, 0.3) is 0 Å². The number of carbonyl (C=O) groups excluding carboxylic acids is 1. The zero-order valence-corrected chi connectivity index (χ0v) is 11.7. The van der Waals surface area contributed by atoms with Gasteiger partial charge in [-0.2, -0.15) is 0 Å². The maximum absolute atomic E-state index is 10.9. The topological polar surface area (TPSA) is 26.3 Å². The van der Waals surface area contributed by atoms with Crippen LogP contribution in [-0.4, -0.2) is 6.29 Å². The molecular formula is C13H11BrO2S. The van der Waals surface area contributed by atoms with Gasteiger partial charge in [-0.1, -0.05) is 12.1 Å². The van der Waals surface area contributed by atoms with E-state index in [1.165, 1.54) is 0 Å². The third-order valence-corrected chi connectivity index (χ3v) is 4.02. The Morgan fingerprint density at radius 2 is 2.29 bits per heavy atom. The minimum atomic E-state index is 0.488. The van der Waals surface area contributed by atoms with Crippen molar-refractivity contribution in [3.05, 3.63) is 50.1 Å². The summed E-state index contributed by atoms with van der Waals surface area (Å²) in [5.41, 5.74) is 1.57. The van der Waals surface area contributed by atoms with Crippen LogP contribution in [-0.2, 0) is 6.61 Å². The standard InChI is InChI=1S/C13H11BrO2S/c1-9-3-2-4-10(6-15)13(9)16-7-12-5-11(14)8-17-12/h2-6,8H,7H2,1H3. The molecule has 1 aromatic carbocycles. The van der Waals surface area contributed by atoms with Crippen LogP contribution in [0.2, 0.25) is 0 Å². The molecule has 0 aliphatic heterocycles. The zero-order valence-electron chi connectivity index (χ0n) is 9.27. The van der Waals surface area contributed by atoms with E-state index >= 15 is 0 Å². The van der Waals surface area contributed by atoms with Gasteiger partial charge in [-0.05, 0) is 40.5 Å². The lowest BCUT2D eigenvalue weighted by Gasteiger charge is -2.10. The molecule has 0 saturated carbocycles. The molecule has 0 spiro atoms. The Bertz CT molecular complexity index is 534. The van der Waals surface area contributed by atoms with Gasteiger partial charge < -0.3 is 4.74 Å². The first-order valence-electron chi connectivity index (χ1n) is 5.11. The van der Waals surface area contributed by atoms with Crippen LogP contribution in [0.25, 0.3) is 0 Å². The Balaban J connectivity index is 2.16. The van der Waals surface area contributed by atoms with Gasteiger partial charge in [-0.25, -0.2) is 0 Å². The molecule has 0 atom stereocenters. The molecule has 88 valence electrons. The van der Waals surface area contributed by atoms with E-state index in [0.29, 0.717) is 17.9 Å². The molecule has 0 radical (unpaired) electrons. The fourth-order valence-corrected chi connectivity index (χ4v) is 2.90. The van der Waals surface area contributed by atoms with Crippen LogP contribution >= 0.6 is 27.3 Å². The summed E-state index contributed by atoms with van der Waals surface area (Å²) in [6, 6.07) is 7.57. The Labute approximate surface area is 112 Å². The van der Waals surface area contributed by atoms with E-state index < -0.39 is 0 Å². The highest BCUT2D eigenvalue weighted by Crippen LogP contribution is 2.25. The summed E-state index contributed by atoms with van der Waals surface area (Å²) >= 11 is 5.03. The van der Waals surface area contributed by atoms with Crippen molar-refractivity contribution in [3.63, 3.8) is 0 Å². The van der Waals surface area contributed by atoms with Crippen LogP contribution in [0, 0.1) is 6.92 Å². The van der Waals surface area contributed by atoms with Gasteiger partial charge in [0.15, 0.2) is 6.29 Å². The molecule has 0 amide bonds. The average molecular weight is 311 g/mol. The minimum Gasteiger partial charge on any atom is -0.487 e. The number of aldehydes is 1. The zero-order chi connectivity index (χ0) is 12.3. The lowest BCUT2D eigenvalue weighted by atomic mass is 10.1. The quantitative estimate of drug-likeness (QED) is 0.791. The van der Waals surface area contributed by atoms with Crippen molar-refractivity contribution in [1.29, 1.82) is 0 Å². The number of carbonyl (C=O) groups is 1. The van der Waals surface area contributed by atoms with Crippen molar-refractivity contribution >= 4 is 33.6 Å². The first-order valence-corrected chi connectivity index (χ1v) is 6.78. The highest BCUT2D eigenvalue weighted by molar-refractivity contribution is 9.10. The smallest absolute Gasteiger partial charge is 0.153 e. The predicted octanol–water partition coefficient (Wildman–Crippen LogP) is 4.21. The predicted molar refractivity (Wildman–Crippen MR) is 72.9 cm³/mol. The van der Waals surface area contributed by atoms with E-state index in [1.807, 2.05) is 30.5 Å². The van der Waals surface area contributed by atoms with Crippen molar-refractivity contribution in [2.24, 2.45) is 0 Å². The molecule has 0 aliphatic rings. The van der Waals surface area contributed by atoms with Crippen molar-refractivity contribution in [3.8, 4) is 5.75 Å². The van der Waals surface area contributed by atoms with Crippen LogP contribution in [0.4, 0.5) is 0 Å². The van der Waals surface area contributed by atoms with Gasteiger partial charge >= 0.3 is 0 Å². The van der Waals surface area contributed by atoms with E-state index in [4.69, 9.17) is 4.74 Å². The summed E-state index contributed by atoms with van der Waals surface area (Å²) in [5, 5.41) is 2.01. The summed E-state index contributed by atoms with van der Waals surface area (Å²) in [6.07, 6.45) is 0.826. The van der Waals surface area contributed by atoms with E-state index in [0.717, 1.165) is 21.2 Å². The number of benzene rings is 1. The normalized spacial score (nSPS) is 10.2. The molecule has 0 unspecified atom stereocenters. The number of ether oxygens (including phenoxy) is 1. The number of aryl methyl sites for hydroxylation is 1. The second-order valence-corrected chi connectivity index (χ2v) is 5.54. The minimum absolute atomic E-state index is 0.488. The fraction of sp³-hybridized carbons (Fsp3) is 0.154. The van der Waals surface area contributed by atoms with Gasteiger partial charge in [-0.15, -0.1) is 11.3 Å². The Morgan fingerprint density at radius 1 is 1.47 bits per heavy atom. The monoisotopic (exact) mass is 310 g/mol. The summed E-state index contributed by atoms with van der Waals surface area (Å²) in [6.45, 7) is 2.43. The number of hydrogen-bond acceptors (Lipinski definition) is 3. The second kappa shape index (κ2) is 5.47. The van der Waals surface area contributed by atoms with Gasteiger partial charge in [0.05, 0.1) is 5.56 Å². The molecule has 0 aliphatic carbocycles. The van der Waals surface area contributed by atoms with Crippen LogP contribution in [0.1, 0.15) is 20.8 Å². The van der Waals surface area contributed by atoms with E-state index in [-0.39, 0.29) is 0 Å². The molecule has 0 bridgehead atoms. The highest BCUT2D eigenvalue weighted by atomic mass is 79.9. The van der Waals surface area contributed by atoms with Crippen LogP contribution < -0.4 is 4.74 Å². The molecule has 1 heterocycles. The molecule has 1 aromatic heterocycles. The third-order valence-electron chi connectivity index (χ3n) is 2.35. The molecule has 2 rings (SSSR count). The van der Waals surface area contributed by atoms with Crippen molar-refractivity contribution in [2.75, 3.05) is 0 Å². The third kappa shape index (κ3) is 2.96. The lowest BCUT2D eigenvalue weighted by molar-refractivity contribution is 0.111. The van der Waals surface area contributed by atoms with Gasteiger partial charge in [0.2, 0.25) is 0 Å². The second-order valence-electron chi connectivity index (χ2n) is 3.63. The van der Waals surface area contributed by atoms with Crippen molar-refractivity contribution in [1.82, 2.24) is 0 Å². The van der Waals surface area contributed by atoms with E-state index in [1.54, 1.807) is 17.4 Å². The number of halogens is 1. The highest BCUT2D eigenvalue weighted by Gasteiger charge is 2.07. The number of hydrogen-bond donors (Lipinski definition) is 0. The largest absolute Gasteiger partial charge is 0.487 e. The summed E-state index contributed by atoms with van der Waals surface area (Å²) in [5.74, 6) is 0.673. The summed E-state index contributed by atoms with van der Waals surface area (Å²) in [7, 11) is 0. The average Bonchev–Trinajstić information content (AvgIpc) is 2.73. The van der Waals surface area contributed by atoms with Crippen LogP contribution in [0.15, 0.2) is 34.1 Å². The fourth-order valence-electron chi connectivity index (χ4n) is 1.54. The molecule has 17 heavy (non-hydrogen) atoms. The van der Waals surface area contributed by atoms with Crippen molar-refractivity contribution < 1.29 is 9.53 Å². The molecule has 0 saturated heterocycles. The first kappa shape index (κ1) is 12.3. The molecular weight excluding hydrogens is 300 g/mol. The molecule has 2 nitrogen and oxygen atoms in total. The maximum atomic E-state index is 10.9. The molecule has 4 heteroatoms. The van der Waals surface area contributed by atoms with Crippen molar-refractivity contribution in [2.45, 2.75) is 13.5 Å². The summed E-state index contributed by atoms with van der Waals surface area (Å²) in [4.78, 5) is 12.0. The molecule has 0 fully saturated rings. The summed E-state index contributed by atoms with van der Waals surface area (Å²) < 4.78 is 6.77. The number of rotatable bonds is 4. The van der Waals surface area contributed by atoms with Crippen LogP contribution in [0.3, 0.4) is 0 Å². The SMILES string of the molecule is Cc1cccc(C=O)c1OCc1cc(Br)cs1. The lowest BCUT2D eigenvalue weighted by Crippen LogP contribution is -1.98. The van der Waals surface area contributed by atoms with Crippen LogP contribution in [0.5, 0.6) is 5.75 Å². The molecule has 2 aromatic rings. The van der Waals surface area contributed by atoms with E-state index in [2.05, 4.69) is 15.9 Å².